The van der Waals surface area contributed by atoms with Crippen LogP contribution in [0.3, 0.4) is 0 Å². The van der Waals surface area contributed by atoms with E-state index in [0.29, 0.717) is 16.8 Å². The van der Waals surface area contributed by atoms with Crippen LogP contribution >= 0.6 is 38.9 Å². The topological polar surface area (TPSA) is 41.5 Å². The fraction of sp³-hybridized carbons (Fsp3) is 0.286. The van der Waals surface area contributed by atoms with Crippen molar-refractivity contribution in [2.45, 2.75) is 12.7 Å². The third-order valence-corrected chi connectivity index (χ3v) is 4.43. The summed E-state index contributed by atoms with van der Waals surface area (Å²) >= 11 is 10.8. The second-order valence-corrected chi connectivity index (χ2v) is 6.67. The van der Waals surface area contributed by atoms with E-state index < -0.39 is 11.9 Å². The van der Waals surface area contributed by atoms with E-state index in [4.69, 9.17) is 16.3 Å². The maximum atomic E-state index is 13.1. The predicted molar refractivity (Wildman–Crippen MR) is 87.6 cm³/mol. The minimum atomic E-state index is -0.682. The number of thiophene rings is 1. The molecule has 1 aromatic carbocycles. The molecule has 7 heteroatoms. The molecule has 2 aromatic rings. The van der Waals surface area contributed by atoms with E-state index in [9.17, 15) is 9.50 Å². The normalized spacial score (nSPS) is 12.4. The molecule has 2 rings (SSSR count). The number of anilines is 1. The molecule has 0 aliphatic heterocycles. The standard InChI is InChI=1S/C14H14BrClFNO2S/c15-12-4-9(17)5-13(16)14(12)18-6-10(19)7-20-8-11-2-1-3-21-11/h1-5,10,18-19H,6-8H2. The Morgan fingerprint density at radius 1 is 1.48 bits per heavy atom. The van der Waals surface area contributed by atoms with Crippen molar-refractivity contribution in [2.24, 2.45) is 0 Å². The second-order valence-electron chi connectivity index (χ2n) is 4.37. The van der Waals surface area contributed by atoms with Gasteiger partial charge >= 0.3 is 0 Å². The summed E-state index contributed by atoms with van der Waals surface area (Å²) in [4.78, 5) is 1.11. The lowest BCUT2D eigenvalue weighted by Crippen LogP contribution is -2.25. The quantitative estimate of drug-likeness (QED) is 0.736. The molecule has 1 atom stereocenters. The van der Waals surface area contributed by atoms with Gasteiger partial charge in [-0.3, -0.25) is 0 Å². The summed E-state index contributed by atoms with van der Waals surface area (Å²) in [5.41, 5.74) is 0.551. The number of aliphatic hydroxyl groups is 1. The maximum absolute atomic E-state index is 13.1. The van der Waals surface area contributed by atoms with E-state index in [-0.39, 0.29) is 18.2 Å². The van der Waals surface area contributed by atoms with Crippen LogP contribution in [0.15, 0.2) is 34.1 Å². The molecule has 0 saturated carbocycles. The van der Waals surface area contributed by atoms with Gasteiger partial charge in [-0.25, -0.2) is 4.39 Å². The van der Waals surface area contributed by atoms with Gasteiger partial charge in [0.1, 0.15) is 5.82 Å². The van der Waals surface area contributed by atoms with Crippen LogP contribution in [-0.2, 0) is 11.3 Å². The molecule has 0 bridgehead atoms. The number of hydrogen-bond donors (Lipinski definition) is 2. The predicted octanol–water partition coefficient (Wildman–Crippen LogP) is 4.29. The van der Waals surface area contributed by atoms with Gasteiger partial charge in [-0.2, -0.15) is 0 Å². The van der Waals surface area contributed by atoms with Gasteiger partial charge in [-0.15, -0.1) is 11.3 Å². The van der Waals surface area contributed by atoms with Gasteiger partial charge in [0.25, 0.3) is 0 Å². The summed E-state index contributed by atoms with van der Waals surface area (Å²) in [6, 6.07) is 6.46. The largest absolute Gasteiger partial charge is 0.389 e. The number of rotatable bonds is 7. The first kappa shape index (κ1) is 16.7. The second kappa shape index (κ2) is 8.10. The zero-order valence-corrected chi connectivity index (χ0v) is 14.1. The maximum Gasteiger partial charge on any atom is 0.125 e. The Morgan fingerprint density at radius 3 is 2.95 bits per heavy atom. The van der Waals surface area contributed by atoms with Gasteiger partial charge in [0.2, 0.25) is 0 Å². The lowest BCUT2D eigenvalue weighted by Gasteiger charge is -2.15. The molecule has 2 N–H and O–H groups in total. The molecular weight excluding hydrogens is 381 g/mol. The highest BCUT2D eigenvalue weighted by Gasteiger charge is 2.10. The highest BCUT2D eigenvalue weighted by Crippen LogP contribution is 2.31. The number of ether oxygens (including phenoxy) is 1. The van der Waals surface area contributed by atoms with Crippen molar-refractivity contribution < 1.29 is 14.2 Å². The van der Waals surface area contributed by atoms with Gasteiger partial charge in [-0.1, -0.05) is 17.7 Å². The van der Waals surface area contributed by atoms with Crippen molar-refractivity contribution in [3.05, 3.63) is 49.8 Å². The van der Waals surface area contributed by atoms with Crippen molar-refractivity contribution in [1.29, 1.82) is 0 Å². The number of halogens is 3. The minimum absolute atomic E-state index is 0.210. The lowest BCUT2D eigenvalue weighted by molar-refractivity contribution is 0.0359. The Hall–Kier alpha value is -0.660. The van der Waals surface area contributed by atoms with Crippen molar-refractivity contribution in [3.8, 4) is 0 Å². The van der Waals surface area contributed by atoms with Gasteiger partial charge in [0, 0.05) is 15.9 Å². The zero-order valence-electron chi connectivity index (χ0n) is 11.0. The lowest BCUT2D eigenvalue weighted by atomic mass is 10.3. The smallest absolute Gasteiger partial charge is 0.125 e. The Kier molecular flexibility index (Phi) is 6.44. The van der Waals surface area contributed by atoms with Crippen LogP contribution in [0.2, 0.25) is 5.02 Å². The number of aliphatic hydroxyl groups excluding tert-OH is 1. The molecule has 0 spiro atoms. The summed E-state index contributed by atoms with van der Waals surface area (Å²) in [6.45, 7) is 0.950. The molecule has 114 valence electrons. The first-order valence-corrected chi connectivity index (χ1v) is 8.28. The van der Waals surface area contributed by atoms with Crippen LogP contribution in [0.5, 0.6) is 0 Å². The Morgan fingerprint density at radius 2 is 2.29 bits per heavy atom. The monoisotopic (exact) mass is 393 g/mol. The summed E-state index contributed by atoms with van der Waals surface area (Å²) in [7, 11) is 0. The van der Waals surface area contributed by atoms with E-state index >= 15 is 0 Å². The van der Waals surface area contributed by atoms with Crippen molar-refractivity contribution in [3.63, 3.8) is 0 Å². The molecule has 0 saturated heterocycles. The fourth-order valence-electron chi connectivity index (χ4n) is 1.68. The van der Waals surface area contributed by atoms with Crippen LogP contribution in [-0.4, -0.2) is 24.4 Å². The van der Waals surface area contributed by atoms with E-state index in [0.717, 1.165) is 4.88 Å². The highest BCUT2D eigenvalue weighted by molar-refractivity contribution is 9.10. The molecule has 3 nitrogen and oxygen atoms in total. The summed E-state index contributed by atoms with van der Waals surface area (Å²) < 4.78 is 19.0. The Labute approximate surface area is 139 Å². The molecule has 21 heavy (non-hydrogen) atoms. The van der Waals surface area contributed by atoms with Gasteiger partial charge in [-0.05, 0) is 39.5 Å². The Bertz CT molecular complexity index is 559. The minimum Gasteiger partial charge on any atom is -0.389 e. The van der Waals surface area contributed by atoms with Crippen LogP contribution in [0.4, 0.5) is 10.1 Å². The van der Waals surface area contributed by atoms with E-state index in [2.05, 4.69) is 21.2 Å². The molecular formula is C14H14BrClFNO2S. The summed E-state index contributed by atoms with van der Waals surface area (Å²) in [6.07, 6.45) is -0.682. The van der Waals surface area contributed by atoms with Crippen molar-refractivity contribution >= 4 is 44.6 Å². The van der Waals surface area contributed by atoms with E-state index in [1.54, 1.807) is 11.3 Å². The van der Waals surface area contributed by atoms with Crippen molar-refractivity contribution in [2.75, 3.05) is 18.5 Å². The average Bonchev–Trinajstić information content (AvgIpc) is 2.90. The molecule has 0 radical (unpaired) electrons. The first-order chi connectivity index (χ1) is 10.1. The molecule has 1 aromatic heterocycles. The third-order valence-electron chi connectivity index (χ3n) is 2.66. The van der Waals surface area contributed by atoms with Crippen LogP contribution < -0.4 is 5.32 Å². The summed E-state index contributed by atoms with van der Waals surface area (Å²) in [5.74, 6) is -0.419. The van der Waals surface area contributed by atoms with Crippen molar-refractivity contribution in [1.82, 2.24) is 0 Å². The van der Waals surface area contributed by atoms with Crippen LogP contribution in [0, 0.1) is 5.82 Å². The number of hydrogen-bond acceptors (Lipinski definition) is 4. The molecule has 0 amide bonds. The highest BCUT2D eigenvalue weighted by atomic mass is 79.9. The Balaban J connectivity index is 1.77. The molecule has 0 aliphatic carbocycles. The SMILES string of the molecule is OC(CNc1c(Cl)cc(F)cc1Br)COCc1cccs1. The van der Waals surface area contributed by atoms with E-state index in [1.807, 2.05) is 17.5 Å². The molecule has 0 fully saturated rings. The average molecular weight is 395 g/mol. The fourth-order valence-corrected chi connectivity index (χ4v) is 3.28. The number of benzene rings is 1. The number of nitrogens with one attached hydrogen (secondary N) is 1. The summed E-state index contributed by atoms with van der Waals surface area (Å²) in [5, 5.41) is 15.1. The molecule has 0 aliphatic rings. The van der Waals surface area contributed by atoms with Crippen LogP contribution in [0.1, 0.15) is 4.88 Å². The van der Waals surface area contributed by atoms with Crippen LogP contribution in [0.25, 0.3) is 0 Å². The zero-order chi connectivity index (χ0) is 15.2. The van der Waals surface area contributed by atoms with E-state index in [1.165, 1.54) is 12.1 Å². The third kappa shape index (κ3) is 5.23. The van der Waals surface area contributed by atoms with Gasteiger partial charge < -0.3 is 15.2 Å². The molecule has 1 heterocycles. The molecule has 1 unspecified atom stereocenters. The van der Waals surface area contributed by atoms with Gasteiger partial charge in [0.15, 0.2) is 0 Å². The first-order valence-electron chi connectivity index (χ1n) is 6.23. The van der Waals surface area contributed by atoms with Gasteiger partial charge in [0.05, 0.1) is 30.0 Å².